The fourth-order valence-electron chi connectivity index (χ4n) is 5.32. The predicted octanol–water partition coefficient (Wildman–Crippen LogP) is 2.21. The molecule has 0 N–H and O–H groups in total. The summed E-state index contributed by atoms with van der Waals surface area (Å²) in [5.74, 6) is -1.92. The monoisotopic (exact) mass is 455 g/mol. The Kier molecular flexibility index (Phi) is 6.02. The van der Waals surface area contributed by atoms with E-state index in [1.54, 1.807) is 25.7 Å². The van der Waals surface area contributed by atoms with Gasteiger partial charge in [-0.25, -0.2) is 0 Å². The number of carbonyl (C=O) groups excluding carboxylic acids is 5. The minimum absolute atomic E-state index is 0.230. The van der Waals surface area contributed by atoms with Crippen molar-refractivity contribution < 1.29 is 24.0 Å². The molecule has 2 unspecified atom stereocenters. The highest BCUT2D eigenvalue weighted by Crippen LogP contribution is 2.47. The number of hydrogen-bond acceptors (Lipinski definition) is 5. The average molecular weight is 456 g/mol. The van der Waals surface area contributed by atoms with Gasteiger partial charge in [-0.1, -0.05) is 20.4 Å². The van der Waals surface area contributed by atoms with Gasteiger partial charge in [-0.15, -0.1) is 0 Å². The molecule has 2 atom stereocenters. The van der Waals surface area contributed by atoms with E-state index in [9.17, 15) is 24.0 Å². The number of likely N-dealkylation sites (tertiary alicyclic amines) is 1. The van der Waals surface area contributed by atoms with Crippen molar-refractivity contribution in [3.63, 3.8) is 0 Å². The molecular weight excluding hydrogens is 422 g/mol. The molecule has 0 bridgehead atoms. The van der Waals surface area contributed by atoms with Gasteiger partial charge in [0.2, 0.25) is 5.91 Å². The predicted molar refractivity (Wildman–Crippen MR) is 122 cm³/mol. The normalized spacial score (nSPS) is 24.3. The van der Waals surface area contributed by atoms with Crippen LogP contribution in [0.25, 0.3) is 0 Å². The van der Waals surface area contributed by atoms with Gasteiger partial charge in [0.1, 0.15) is 0 Å². The SMILES string of the molecule is C=CC(=O)N1CC(C(C)(C)N2C(=O)C=C(C)C2=O)CC1C(C)(C)C1=CC(=O)N(C(C)C)C1=O. The van der Waals surface area contributed by atoms with E-state index in [0.29, 0.717) is 24.1 Å². The summed E-state index contributed by atoms with van der Waals surface area (Å²) >= 11 is 0. The van der Waals surface area contributed by atoms with Gasteiger partial charge in [0.15, 0.2) is 0 Å². The zero-order valence-electron chi connectivity index (χ0n) is 20.5. The van der Waals surface area contributed by atoms with Crippen molar-refractivity contribution >= 4 is 29.5 Å². The van der Waals surface area contributed by atoms with Crippen LogP contribution in [0.5, 0.6) is 0 Å². The number of amides is 5. The van der Waals surface area contributed by atoms with Crippen LogP contribution in [0.15, 0.2) is 36.0 Å². The first-order chi connectivity index (χ1) is 15.2. The molecule has 5 amide bonds. The highest BCUT2D eigenvalue weighted by Gasteiger charge is 2.54. The van der Waals surface area contributed by atoms with Crippen LogP contribution in [0.2, 0.25) is 0 Å². The molecule has 0 aliphatic carbocycles. The van der Waals surface area contributed by atoms with E-state index in [1.165, 1.54) is 28.0 Å². The maximum absolute atomic E-state index is 13.1. The van der Waals surface area contributed by atoms with E-state index in [1.807, 2.05) is 27.7 Å². The van der Waals surface area contributed by atoms with Crippen molar-refractivity contribution in [2.75, 3.05) is 6.54 Å². The Morgan fingerprint density at radius 1 is 1.06 bits per heavy atom. The molecule has 8 heteroatoms. The third-order valence-corrected chi connectivity index (χ3v) is 7.43. The van der Waals surface area contributed by atoms with E-state index in [-0.39, 0.29) is 41.5 Å². The van der Waals surface area contributed by atoms with Gasteiger partial charge < -0.3 is 4.90 Å². The molecule has 0 saturated carbocycles. The average Bonchev–Trinajstić information content (AvgIpc) is 3.36. The Morgan fingerprint density at radius 2 is 1.67 bits per heavy atom. The lowest BCUT2D eigenvalue weighted by Crippen LogP contribution is -2.53. The van der Waals surface area contributed by atoms with Gasteiger partial charge in [0.25, 0.3) is 23.6 Å². The molecule has 178 valence electrons. The maximum Gasteiger partial charge on any atom is 0.257 e. The Bertz CT molecular complexity index is 1020. The van der Waals surface area contributed by atoms with E-state index < -0.39 is 17.0 Å². The van der Waals surface area contributed by atoms with Crippen LogP contribution < -0.4 is 0 Å². The van der Waals surface area contributed by atoms with E-state index in [2.05, 4.69) is 6.58 Å². The minimum atomic E-state index is -0.860. The van der Waals surface area contributed by atoms with E-state index in [4.69, 9.17) is 0 Å². The van der Waals surface area contributed by atoms with Gasteiger partial charge in [0, 0.05) is 53.3 Å². The highest BCUT2D eigenvalue weighted by atomic mass is 16.2. The lowest BCUT2D eigenvalue weighted by molar-refractivity contribution is -0.145. The number of rotatable bonds is 6. The third-order valence-electron chi connectivity index (χ3n) is 7.43. The van der Waals surface area contributed by atoms with Gasteiger partial charge >= 0.3 is 0 Å². The molecule has 33 heavy (non-hydrogen) atoms. The zero-order chi connectivity index (χ0) is 25.0. The molecule has 3 aliphatic rings. The van der Waals surface area contributed by atoms with Gasteiger partial charge in [-0.2, -0.15) is 0 Å². The zero-order valence-corrected chi connectivity index (χ0v) is 20.5. The van der Waals surface area contributed by atoms with Gasteiger partial charge in [-0.05, 0) is 47.1 Å². The summed E-state index contributed by atoms with van der Waals surface area (Å²) in [5, 5.41) is 0. The van der Waals surface area contributed by atoms with Crippen LogP contribution in [0.3, 0.4) is 0 Å². The Labute approximate surface area is 194 Å². The van der Waals surface area contributed by atoms with Gasteiger partial charge in [-0.3, -0.25) is 33.8 Å². The summed E-state index contributed by atoms with van der Waals surface area (Å²) in [4.78, 5) is 67.9. The number of imide groups is 2. The fourth-order valence-corrected chi connectivity index (χ4v) is 5.32. The summed E-state index contributed by atoms with van der Waals surface area (Å²) < 4.78 is 0. The number of nitrogens with zero attached hydrogens (tertiary/aromatic N) is 3. The molecule has 1 saturated heterocycles. The molecule has 3 heterocycles. The molecule has 8 nitrogen and oxygen atoms in total. The standard InChI is InChI=1S/C25H33N3O5/c1-9-19(29)26-13-16(25(7,8)28-21(31)10-15(4)22(28)32)11-18(26)24(5,6)17-12-20(30)27(14(2)3)23(17)33/h9-10,12,14,16,18H,1,11,13H2,2-8H3. The van der Waals surface area contributed by atoms with Crippen molar-refractivity contribution in [1.82, 2.24) is 14.7 Å². The molecule has 0 radical (unpaired) electrons. The summed E-state index contributed by atoms with van der Waals surface area (Å²) in [7, 11) is 0. The number of hydrogen-bond donors (Lipinski definition) is 0. The molecule has 3 rings (SSSR count). The van der Waals surface area contributed by atoms with Crippen molar-refractivity contribution in [1.29, 1.82) is 0 Å². The van der Waals surface area contributed by atoms with Crippen LogP contribution in [0.4, 0.5) is 0 Å². The molecular formula is C25H33N3O5. The Hall–Kier alpha value is -3.03. The van der Waals surface area contributed by atoms with Crippen molar-refractivity contribution in [2.45, 2.75) is 72.5 Å². The molecule has 1 fully saturated rings. The van der Waals surface area contributed by atoms with Crippen molar-refractivity contribution in [2.24, 2.45) is 11.3 Å². The summed E-state index contributed by atoms with van der Waals surface area (Å²) in [6, 6.07) is -0.706. The largest absolute Gasteiger partial charge is 0.335 e. The van der Waals surface area contributed by atoms with Gasteiger partial charge in [0.05, 0.1) is 5.54 Å². The molecule has 0 aromatic rings. The summed E-state index contributed by atoms with van der Waals surface area (Å²) in [6.07, 6.45) is 4.39. The van der Waals surface area contributed by atoms with Crippen molar-refractivity contribution in [3.8, 4) is 0 Å². The molecule has 0 aromatic carbocycles. The quantitative estimate of drug-likeness (QED) is 0.452. The first-order valence-electron chi connectivity index (χ1n) is 11.3. The third kappa shape index (κ3) is 3.75. The molecule has 0 spiro atoms. The minimum Gasteiger partial charge on any atom is -0.335 e. The second-order valence-electron chi connectivity index (χ2n) is 10.5. The van der Waals surface area contributed by atoms with Crippen LogP contribution in [-0.4, -0.2) is 68.4 Å². The Balaban J connectivity index is 1.97. The van der Waals surface area contributed by atoms with E-state index >= 15 is 0 Å². The smallest absolute Gasteiger partial charge is 0.257 e. The second-order valence-corrected chi connectivity index (χ2v) is 10.5. The fraction of sp³-hybridized carbons (Fsp3) is 0.560. The summed E-state index contributed by atoms with van der Waals surface area (Å²) in [6.45, 7) is 16.5. The number of carbonyl (C=O) groups is 5. The van der Waals surface area contributed by atoms with E-state index in [0.717, 1.165) is 0 Å². The lowest BCUT2D eigenvalue weighted by Gasteiger charge is -2.39. The maximum atomic E-state index is 13.1. The topological polar surface area (TPSA) is 95.1 Å². The first kappa shape index (κ1) is 24.6. The second kappa shape index (κ2) is 8.08. The van der Waals surface area contributed by atoms with Crippen molar-refractivity contribution in [3.05, 3.63) is 36.0 Å². The van der Waals surface area contributed by atoms with Crippen LogP contribution >= 0.6 is 0 Å². The van der Waals surface area contributed by atoms with Crippen LogP contribution in [0, 0.1) is 11.3 Å². The Morgan fingerprint density at radius 3 is 2.12 bits per heavy atom. The first-order valence-corrected chi connectivity index (χ1v) is 11.3. The molecule has 0 aromatic heterocycles. The lowest BCUT2D eigenvalue weighted by atomic mass is 9.73. The van der Waals surface area contributed by atoms with Crippen LogP contribution in [-0.2, 0) is 24.0 Å². The van der Waals surface area contributed by atoms with Crippen LogP contribution in [0.1, 0.15) is 54.9 Å². The highest BCUT2D eigenvalue weighted by molar-refractivity contribution is 6.17. The molecule has 3 aliphatic heterocycles. The summed E-state index contributed by atoms with van der Waals surface area (Å²) in [5.41, 5.74) is -0.957.